The van der Waals surface area contributed by atoms with Gasteiger partial charge in [-0.05, 0) is 45.5 Å². The molecule has 0 aliphatic rings. The predicted molar refractivity (Wildman–Crippen MR) is 127 cm³/mol. The van der Waals surface area contributed by atoms with Gasteiger partial charge in [0.05, 0.1) is 0 Å². The quantitative estimate of drug-likeness (QED) is 0.371. The molecule has 150 valence electrons. The molecule has 3 aromatic rings. The third-order valence-electron chi connectivity index (χ3n) is 5.34. The van der Waals surface area contributed by atoms with Crippen LogP contribution >= 0.6 is 0 Å². The van der Waals surface area contributed by atoms with E-state index in [1.165, 1.54) is 0 Å². The molecule has 0 aromatic heterocycles. The Morgan fingerprint density at radius 1 is 0.667 bits per heavy atom. The van der Waals surface area contributed by atoms with Gasteiger partial charge in [-0.3, -0.25) is 9.59 Å². The van der Waals surface area contributed by atoms with Gasteiger partial charge in [0.2, 0.25) is 0 Å². The van der Waals surface area contributed by atoms with Crippen molar-refractivity contribution in [2.45, 2.75) is 26.7 Å². The fraction of sp³-hybridized carbons (Fsp3) is 0.143. The molecule has 0 spiro atoms. The highest BCUT2D eigenvalue weighted by molar-refractivity contribution is 6.10. The van der Waals surface area contributed by atoms with E-state index in [0.29, 0.717) is 24.0 Å². The second-order valence-electron chi connectivity index (χ2n) is 7.08. The first kappa shape index (κ1) is 21.2. The topological polar surface area (TPSA) is 34.1 Å². The maximum atomic E-state index is 13.0. The minimum atomic E-state index is 0.0386. The van der Waals surface area contributed by atoms with E-state index in [4.69, 9.17) is 0 Å². The first-order chi connectivity index (χ1) is 14.5. The van der Waals surface area contributed by atoms with Crippen molar-refractivity contribution in [3.63, 3.8) is 0 Å². The normalized spacial score (nSPS) is 10.5. The molecule has 0 aliphatic carbocycles. The fourth-order valence-electron chi connectivity index (χ4n) is 3.73. The highest BCUT2D eigenvalue weighted by Gasteiger charge is 2.21. The minimum absolute atomic E-state index is 0.0386. The van der Waals surface area contributed by atoms with Gasteiger partial charge in [-0.1, -0.05) is 87.7 Å². The molecule has 0 N–H and O–H groups in total. The lowest BCUT2D eigenvalue weighted by Crippen LogP contribution is -2.07. The Balaban J connectivity index is 2.43. The molecular weight excluding hydrogens is 368 g/mol. The van der Waals surface area contributed by atoms with Gasteiger partial charge in [-0.25, -0.2) is 0 Å². The summed E-state index contributed by atoms with van der Waals surface area (Å²) < 4.78 is 0. The van der Waals surface area contributed by atoms with Gasteiger partial charge in [-0.2, -0.15) is 0 Å². The molecule has 0 heterocycles. The Morgan fingerprint density at radius 2 is 1.03 bits per heavy atom. The number of Topliss-reactive ketones (excluding diaryl/α,β-unsaturated/α-hetero) is 2. The number of hydrogen-bond acceptors (Lipinski definition) is 2. The molecule has 0 atom stereocenters. The standard InChI is InChI=1S/C28H26O2/c1-5-19-13-9-11-15-21(19)23-17-26(28(30)8-4)24(18-25(23)27(29)7-3)22-16-12-10-14-20(22)6-2/h5-6,9-18H,1-2,7-8H2,3-4H3. The summed E-state index contributed by atoms with van der Waals surface area (Å²) in [4.78, 5) is 25.9. The molecule has 30 heavy (non-hydrogen) atoms. The molecule has 0 saturated heterocycles. The van der Waals surface area contributed by atoms with Crippen molar-refractivity contribution in [2.75, 3.05) is 0 Å². The van der Waals surface area contributed by atoms with Crippen LogP contribution in [-0.4, -0.2) is 11.6 Å². The van der Waals surface area contributed by atoms with Crippen LogP contribution < -0.4 is 0 Å². The van der Waals surface area contributed by atoms with Crippen molar-refractivity contribution in [1.82, 2.24) is 0 Å². The Bertz CT molecular complexity index is 1040. The van der Waals surface area contributed by atoms with Crippen LogP contribution in [0.3, 0.4) is 0 Å². The van der Waals surface area contributed by atoms with Gasteiger partial charge in [0.1, 0.15) is 0 Å². The molecule has 0 bridgehead atoms. The van der Waals surface area contributed by atoms with Crippen LogP contribution in [0.1, 0.15) is 58.5 Å². The van der Waals surface area contributed by atoms with Crippen LogP contribution in [0.2, 0.25) is 0 Å². The molecule has 2 heteroatoms. The monoisotopic (exact) mass is 394 g/mol. The first-order valence-electron chi connectivity index (χ1n) is 10.2. The highest BCUT2D eigenvalue weighted by atomic mass is 16.1. The van der Waals surface area contributed by atoms with Crippen LogP contribution in [0.25, 0.3) is 34.4 Å². The third kappa shape index (κ3) is 3.95. The number of rotatable bonds is 8. The first-order valence-corrected chi connectivity index (χ1v) is 10.2. The molecule has 0 aliphatic heterocycles. The maximum Gasteiger partial charge on any atom is 0.163 e. The van der Waals surface area contributed by atoms with E-state index in [9.17, 15) is 9.59 Å². The van der Waals surface area contributed by atoms with Crippen molar-refractivity contribution in [1.29, 1.82) is 0 Å². The van der Waals surface area contributed by atoms with E-state index in [2.05, 4.69) is 13.2 Å². The Labute approximate surface area is 178 Å². The highest BCUT2D eigenvalue weighted by Crippen LogP contribution is 2.37. The lowest BCUT2D eigenvalue weighted by Gasteiger charge is -2.18. The zero-order valence-electron chi connectivity index (χ0n) is 17.6. The van der Waals surface area contributed by atoms with E-state index in [1.54, 1.807) is 12.2 Å². The molecule has 0 radical (unpaired) electrons. The Kier molecular flexibility index (Phi) is 6.58. The van der Waals surface area contributed by atoms with Crippen LogP contribution in [0.5, 0.6) is 0 Å². The van der Waals surface area contributed by atoms with Crippen molar-refractivity contribution < 1.29 is 9.59 Å². The lowest BCUT2D eigenvalue weighted by atomic mass is 9.84. The number of carbonyl (C=O) groups is 2. The fourth-order valence-corrected chi connectivity index (χ4v) is 3.73. The molecule has 0 amide bonds. The summed E-state index contributed by atoms with van der Waals surface area (Å²) in [6.07, 6.45) is 4.31. The van der Waals surface area contributed by atoms with Crippen molar-refractivity contribution in [2.24, 2.45) is 0 Å². The number of ketones is 2. The SMILES string of the molecule is C=Cc1ccccc1-c1cc(C(=O)CC)c(-c2ccccc2C=C)cc1C(=O)CC. The van der Waals surface area contributed by atoms with Crippen LogP contribution in [0.15, 0.2) is 73.8 Å². The Hall–Kier alpha value is -3.52. The van der Waals surface area contributed by atoms with E-state index >= 15 is 0 Å². The second kappa shape index (κ2) is 9.32. The molecular formula is C28H26O2. The van der Waals surface area contributed by atoms with Crippen LogP contribution in [-0.2, 0) is 0 Å². The second-order valence-corrected chi connectivity index (χ2v) is 7.08. The molecule has 3 aromatic carbocycles. The lowest BCUT2D eigenvalue weighted by molar-refractivity contribution is 0.0977. The van der Waals surface area contributed by atoms with Gasteiger partial charge in [0, 0.05) is 24.0 Å². The molecule has 3 rings (SSSR count). The third-order valence-corrected chi connectivity index (χ3v) is 5.34. The average molecular weight is 395 g/mol. The predicted octanol–water partition coefficient (Wildman–Crippen LogP) is 7.49. The minimum Gasteiger partial charge on any atom is -0.294 e. The smallest absolute Gasteiger partial charge is 0.163 e. The van der Waals surface area contributed by atoms with Gasteiger partial charge < -0.3 is 0 Å². The number of carbonyl (C=O) groups excluding carboxylic acids is 2. The van der Waals surface area contributed by atoms with Crippen molar-refractivity contribution in [3.8, 4) is 22.3 Å². The molecule has 0 fully saturated rings. The summed E-state index contributed by atoms with van der Waals surface area (Å²) in [7, 11) is 0. The van der Waals surface area contributed by atoms with Gasteiger partial charge in [0.25, 0.3) is 0 Å². The van der Waals surface area contributed by atoms with Crippen molar-refractivity contribution in [3.05, 3.63) is 96.1 Å². The van der Waals surface area contributed by atoms with Gasteiger partial charge >= 0.3 is 0 Å². The maximum absolute atomic E-state index is 13.0. The van der Waals surface area contributed by atoms with Crippen molar-refractivity contribution >= 4 is 23.7 Å². The summed E-state index contributed by atoms with van der Waals surface area (Å²) >= 11 is 0. The van der Waals surface area contributed by atoms with E-state index in [0.717, 1.165) is 33.4 Å². The summed E-state index contributed by atoms with van der Waals surface area (Å²) in [5.41, 5.74) is 6.44. The summed E-state index contributed by atoms with van der Waals surface area (Å²) in [6.45, 7) is 11.5. The summed E-state index contributed by atoms with van der Waals surface area (Å²) in [5.74, 6) is 0.0772. The zero-order chi connectivity index (χ0) is 21.7. The molecule has 2 nitrogen and oxygen atoms in total. The molecule has 0 saturated carbocycles. The average Bonchev–Trinajstić information content (AvgIpc) is 2.82. The van der Waals surface area contributed by atoms with E-state index in [-0.39, 0.29) is 11.6 Å². The number of hydrogen-bond donors (Lipinski definition) is 0. The molecule has 0 unspecified atom stereocenters. The number of benzene rings is 3. The van der Waals surface area contributed by atoms with Crippen LogP contribution in [0.4, 0.5) is 0 Å². The zero-order valence-corrected chi connectivity index (χ0v) is 17.6. The van der Waals surface area contributed by atoms with E-state index in [1.807, 2.05) is 74.5 Å². The Morgan fingerprint density at radius 3 is 1.37 bits per heavy atom. The largest absolute Gasteiger partial charge is 0.294 e. The van der Waals surface area contributed by atoms with E-state index < -0.39 is 0 Å². The van der Waals surface area contributed by atoms with Gasteiger partial charge in [0.15, 0.2) is 11.6 Å². The summed E-state index contributed by atoms with van der Waals surface area (Å²) in [6, 6.07) is 19.4. The summed E-state index contributed by atoms with van der Waals surface area (Å²) in [5, 5.41) is 0. The van der Waals surface area contributed by atoms with Gasteiger partial charge in [-0.15, -0.1) is 0 Å². The van der Waals surface area contributed by atoms with Crippen LogP contribution in [0, 0.1) is 0 Å².